The van der Waals surface area contributed by atoms with Crippen LogP contribution in [0.5, 0.6) is 0 Å². The molecule has 0 atom stereocenters. The van der Waals surface area contributed by atoms with Crippen molar-refractivity contribution in [3.05, 3.63) is 39.5 Å². The summed E-state index contributed by atoms with van der Waals surface area (Å²) in [6, 6.07) is 5.36. The Morgan fingerprint density at radius 2 is 2.00 bits per heavy atom. The normalized spacial score (nSPS) is 10.8. The highest BCUT2D eigenvalue weighted by molar-refractivity contribution is 6.40. The quantitative estimate of drug-likeness (QED) is 0.939. The van der Waals surface area contributed by atoms with Crippen molar-refractivity contribution in [2.24, 2.45) is 5.73 Å². The van der Waals surface area contributed by atoms with Crippen molar-refractivity contribution in [3.8, 4) is 0 Å². The third-order valence-electron chi connectivity index (χ3n) is 2.71. The van der Waals surface area contributed by atoms with Crippen LogP contribution in [0.4, 0.5) is 0 Å². The van der Waals surface area contributed by atoms with Crippen LogP contribution in [-0.2, 0) is 11.2 Å². The van der Waals surface area contributed by atoms with E-state index in [1.165, 1.54) is 0 Å². The average Bonchev–Trinajstić information content (AvgIpc) is 2.30. The fourth-order valence-electron chi connectivity index (χ4n) is 1.94. The molecule has 2 aromatic rings. The number of carbonyl (C=O) groups excluding carboxylic acids is 1. The average molecular weight is 283 g/mol. The summed E-state index contributed by atoms with van der Waals surface area (Å²) in [6.45, 7) is 1.88. The number of hydrogen-bond acceptors (Lipinski definition) is 2. The van der Waals surface area contributed by atoms with E-state index in [-0.39, 0.29) is 12.3 Å². The highest BCUT2D eigenvalue weighted by Gasteiger charge is 2.11. The summed E-state index contributed by atoms with van der Waals surface area (Å²) in [5.41, 5.74) is 7.63. The van der Waals surface area contributed by atoms with Crippen molar-refractivity contribution >= 4 is 40.0 Å². The van der Waals surface area contributed by atoms with Crippen LogP contribution in [0.3, 0.4) is 0 Å². The van der Waals surface area contributed by atoms with Gasteiger partial charge in [0.05, 0.1) is 15.6 Å². The molecule has 0 bridgehead atoms. The first-order valence-electron chi connectivity index (χ1n) is 5.51. The van der Waals surface area contributed by atoms with Gasteiger partial charge in [0, 0.05) is 17.5 Å². The Hall–Kier alpha value is -1.32. The van der Waals surface area contributed by atoms with E-state index in [2.05, 4.69) is 4.98 Å². The molecule has 0 spiro atoms. The van der Waals surface area contributed by atoms with Crippen LogP contribution in [0, 0.1) is 6.92 Å². The van der Waals surface area contributed by atoms with Gasteiger partial charge in [-0.1, -0.05) is 23.2 Å². The molecule has 2 N–H and O–H groups in total. The van der Waals surface area contributed by atoms with E-state index in [4.69, 9.17) is 28.9 Å². The lowest BCUT2D eigenvalue weighted by atomic mass is 10.0. The fraction of sp³-hybridized carbons (Fsp3) is 0.231. The van der Waals surface area contributed by atoms with E-state index in [1.807, 2.05) is 13.0 Å². The summed E-state index contributed by atoms with van der Waals surface area (Å²) in [4.78, 5) is 15.3. The Morgan fingerprint density at radius 1 is 1.33 bits per heavy atom. The first kappa shape index (κ1) is 13.1. The fourth-order valence-corrected chi connectivity index (χ4v) is 2.42. The summed E-state index contributed by atoms with van der Waals surface area (Å²) < 4.78 is 0. The first-order valence-corrected chi connectivity index (χ1v) is 6.27. The van der Waals surface area contributed by atoms with Crippen molar-refractivity contribution in [3.63, 3.8) is 0 Å². The zero-order valence-electron chi connectivity index (χ0n) is 9.84. The summed E-state index contributed by atoms with van der Waals surface area (Å²) in [5.74, 6) is -0.337. The Balaban J connectivity index is 2.64. The molecule has 0 aliphatic carbocycles. The molecule has 1 aromatic heterocycles. The van der Waals surface area contributed by atoms with Gasteiger partial charge in [-0.2, -0.15) is 0 Å². The number of aromatic nitrogens is 1. The molecule has 1 amide bonds. The highest BCUT2D eigenvalue weighted by Crippen LogP contribution is 2.32. The van der Waals surface area contributed by atoms with Crippen LogP contribution in [0.2, 0.25) is 10.0 Å². The van der Waals surface area contributed by atoms with E-state index in [9.17, 15) is 4.79 Å². The Labute approximate surface area is 115 Å². The smallest absolute Gasteiger partial charge is 0.217 e. The molecule has 0 unspecified atom stereocenters. The molecule has 0 saturated carbocycles. The number of pyridine rings is 1. The number of nitrogens with zero attached hydrogens (tertiary/aromatic N) is 1. The van der Waals surface area contributed by atoms with E-state index in [0.717, 1.165) is 16.6 Å². The van der Waals surface area contributed by atoms with Gasteiger partial charge in [0.15, 0.2) is 0 Å². The molecule has 1 heterocycles. The topological polar surface area (TPSA) is 56.0 Å². The van der Waals surface area contributed by atoms with Crippen LogP contribution in [0.1, 0.15) is 17.7 Å². The lowest BCUT2D eigenvalue weighted by Gasteiger charge is -2.10. The second-order valence-corrected chi connectivity index (χ2v) is 4.96. The maximum atomic E-state index is 10.9. The molecule has 0 fully saturated rings. The van der Waals surface area contributed by atoms with Gasteiger partial charge in [0.25, 0.3) is 0 Å². The summed E-state index contributed by atoms with van der Waals surface area (Å²) in [5, 5.41) is 1.94. The molecule has 5 heteroatoms. The van der Waals surface area contributed by atoms with Crippen molar-refractivity contribution in [2.45, 2.75) is 19.8 Å². The molecule has 2 rings (SSSR count). The number of rotatable bonds is 3. The maximum Gasteiger partial charge on any atom is 0.217 e. The van der Waals surface area contributed by atoms with Gasteiger partial charge in [0.1, 0.15) is 0 Å². The van der Waals surface area contributed by atoms with Crippen LogP contribution < -0.4 is 5.73 Å². The second kappa shape index (κ2) is 5.12. The Bertz CT molecular complexity index is 626. The molecular formula is C13H12Cl2N2O. The first-order chi connectivity index (χ1) is 8.49. The minimum atomic E-state index is -0.337. The van der Waals surface area contributed by atoms with E-state index in [1.54, 1.807) is 12.1 Å². The summed E-state index contributed by atoms with van der Waals surface area (Å²) in [6.07, 6.45) is 0.816. The predicted molar refractivity (Wildman–Crippen MR) is 74.0 cm³/mol. The number of fused-ring (bicyclic) bond motifs is 1. The number of primary amides is 1. The van der Waals surface area contributed by atoms with Gasteiger partial charge < -0.3 is 5.73 Å². The monoisotopic (exact) mass is 282 g/mol. The number of amides is 1. The van der Waals surface area contributed by atoms with E-state index < -0.39 is 0 Å². The number of carbonyl (C=O) groups is 1. The van der Waals surface area contributed by atoms with Gasteiger partial charge in [0.2, 0.25) is 5.91 Å². The number of nitrogens with two attached hydrogens (primary N) is 1. The highest BCUT2D eigenvalue weighted by atomic mass is 35.5. The van der Waals surface area contributed by atoms with Crippen molar-refractivity contribution in [2.75, 3.05) is 0 Å². The third kappa shape index (κ3) is 2.57. The number of halogens is 2. The van der Waals surface area contributed by atoms with Crippen LogP contribution in [0.25, 0.3) is 10.9 Å². The largest absolute Gasteiger partial charge is 0.370 e. The molecule has 18 heavy (non-hydrogen) atoms. The number of aryl methyl sites for hydroxylation is 2. The molecule has 0 saturated heterocycles. The zero-order chi connectivity index (χ0) is 13.3. The van der Waals surface area contributed by atoms with Crippen molar-refractivity contribution in [1.29, 1.82) is 0 Å². The Morgan fingerprint density at radius 3 is 2.67 bits per heavy atom. The third-order valence-corrected chi connectivity index (χ3v) is 3.33. The van der Waals surface area contributed by atoms with Gasteiger partial charge >= 0.3 is 0 Å². The Kier molecular flexibility index (Phi) is 3.73. The van der Waals surface area contributed by atoms with Crippen LogP contribution in [0.15, 0.2) is 18.2 Å². The molecular weight excluding hydrogens is 271 g/mol. The lowest BCUT2D eigenvalue weighted by Crippen LogP contribution is -2.11. The molecule has 3 nitrogen and oxygen atoms in total. The minimum Gasteiger partial charge on any atom is -0.370 e. The predicted octanol–water partition coefficient (Wildman–Crippen LogP) is 3.27. The number of hydrogen-bond donors (Lipinski definition) is 1. The van der Waals surface area contributed by atoms with E-state index >= 15 is 0 Å². The van der Waals surface area contributed by atoms with Crippen LogP contribution >= 0.6 is 23.2 Å². The molecule has 1 aromatic carbocycles. The van der Waals surface area contributed by atoms with Crippen molar-refractivity contribution in [1.82, 2.24) is 4.98 Å². The van der Waals surface area contributed by atoms with Crippen LogP contribution in [-0.4, -0.2) is 10.9 Å². The molecule has 0 radical (unpaired) electrons. The SMILES string of the molecule is Cc1cc(CCC(N)=O)c2c(Cl)ccc(Cl)c2n1. The molecule has 0 aliphatic heterocycles. The van der Waals surface area contributed by atoms with Gasteiger partial charge in [-0.25, -0.2) is 0 Å². The number of benzene rings is 1. The molecule has 0 aliphatic rings. The standard InChI is InChI=1S/C13H12Cl2N2O/c1-7-6-8(2-5-11(16)18)12-9(14)3-4-10(15)13(12)17-7/h3-4,6H,2,5H2,1H3,(H2,16,18). The summed E-state index contributed by atoms with van der Waals surface area (Å²) >= 11 is 12.3. The second-order valence-electron chi connectivity index (χ2n) is 4.14. The lowest BCUT2D eigenvalue weighted by molar-refractivity contribution is -0.117. The van der Waals surface area contributed by atoms with Gasteiger partial charge in [-0.05, 0) is 37.1 Å². The maximum absolute atomic E-state index is 10.9. The van der Waals surface area contributed by atoms with Crippen molar-refractivity contribution < 1.29 is 4.79 Å². The van der Waals surface area contributed by atoms with E-state index in [0.29, 0.717) is 22.0 Å². The van der Waals surface area contributed by atoms with Gasteiger partial charge in [-0.3, -0.25) is 9.78 Å². The summed E-state index contributed by atoms with van der Waals surface area (Å²) in [7, 11) is 0. The van der Waals surface area contributed by atoms with Gasteiger partial charge in [-0.15, -0.1) is 0 Å². The minimum absolute atomic E-state index is 0.279. The zero-order valence-corrected chi connectivity index (χ0v) is 11.3. The molecule has 94 valence electrons.